The molecule has 1 saturated carbocycles. The van der Waals surface area contributed by atoms with Crippen LogP contribution >= 0.6 is 0 Å². The number of hydrogen-bond acceptors (Lipinski definition) is 4. The van der Waals surface area contributed by atoms with Gasteiger partial charge >= 0.3 is 5.97 Å². The minimum atomic E-state index is -0.0530. The van der Waals surface area contributed by atoms with Gasteiger partial charge in [0, 0.05) is 0 Å². The molecular weight excluding hydrogens is 278 g/mol. The lowest BCUT2D eigenvalue weighted by Gasteiger charge is -2.26. The molecule has 0 N–H and O–H groups in total. The first-order valence-corrected chi connectivity index (χ1v) is 7.97. The van der Waals surface area contributed by atoms with Crippen LogP contribution < -0.4 is 0 Å². The van der Waals surface area contributed by atoms with E-state index < -0.39 is 0 Å². The Morgan fingerprint density at radius 1 is 1.32 bits per heavy atom. The van der Waals surface area contributed by atoms with Gasteiger partial charge in [-0.2, -0.15) is 5.10 Å². The second-order valence-electron chi connectivity index (χ2n) is 6.41. The molecule has 118 valence electrons. The topological polar surface area (TPSA) is 56.5 Å². The minimum absolute atomic E-state index is 0.0530. The Bertz CT molecular complexity index is 685. The van der Waals surface area contributed by atoms with Gasteiger partial charge in [-0.05, 0) is 63.5 Å². The highest BCUT2D eigenvalue weighted by atomic mass is 16.5. The monoisotopic (exact) mass is 301 g/mol. The number of carbonyl (C=O) groups excluding carboxylic acids is 1. The van der Waals surface area contributed by atoms with Crippen molar-refractivity contribution in [3.05, 3.63) is 29.2 Å². The third-order valence-electron chi connectivity index (χ3n) is 4.66. The first kappa shape index (κ1) is 15.0. The number of hydrogen-bond donors (Lipinski definition) is 0. The Balaban J connectivity index is 1.68. The predicted molar refractivity (Wildman–Crippen MR) is 83.6 cm³/mol. The Kier molecular flexibility index (Phi) is 4.14. The lowest BCUT2D eigenvalue weighted by molar-refractivity contribution is -0.146. The van der Waals surface area contributed by atoms with Crippen LogP contribution in [0.1, 0.15) is 42.6 Å². The molecule has 2 heterocycles. The van der Waals surface area contributed by atoms with E-state index in [0.29, 0.717) is 5.92 Å². The van der Waals surface area contributed by atoms with Crippen molar-refractivity contribution in [2.45, 2.75) is 46.0 Å². The van der Waals surface area contributed by atoms with E-state index in [9.17, 15) is 4.79 Å². The van der Waals surface area contributed by atoms with Crippen LogP contribution in [0.5, 0.6) is 0 Å². The standard InChI is InChI=1S/C17H23N3O2/c1-11-8-15(19-20-10-12(2)18-16(11)20)9-13-4-6-14(7-5-13)17(21)22-3/h8,10,13-14H,4-7,9H2,1-3H3/t13-,14-. The number of rotatable bonds is 3. The molecule has 22 heavy (non-hydrogen) atoms. The molecule has 0 aliphatic heterocycles. The molecule has 0 amide bonds. The first-order chi connectivity index (χ1) is 10.6. The van der Waals surface area contributed by atoms with Crippen molar-refractivity contribution in [3.63, 3.8) is 0 Å². The summed E-state index contributed by atoms with van der Waals surface area (Å²) in [5, 5.41) is 4.68. The second kappa shape index (κ2) is 6.07. The highest BCUT2D eigenvalue weighted by Gasteiger charge is 2.27. The fourth-order valence-electron chi connectivity index (χ4n) is 3.48. The van der Waals surface area contributed by atoms with Crippen molar-refractivity contribution in [1.29, 1.82) is 0 Å². The van der Waals surface area contributed by atoms with Crippen molar-refractivity contribution >= 4 is 11.6 Å². The lowest BCUT2D eigenvalue weighted by Crippen LogP contribution is -2.24. The quantitative estimate of drug-likeness (QED) is 0.818. The molecule has 5 heteroatoms. The van der Waals surface area contributed by atoms with Crippen LogP contribution in [0.25, 0.3) is 5.65 Å². The summed E-state index contributed by atoms with van der Waals surface area (Å²) in [6, 6.07) is 2.15. The summed E-state index contributed by atoms with van der Waals surface area (Å²) in [4.78, 5) is 16.1. The van der Waals surface area contributed by atoms with E-state index in [2.05, 4.69) is 23.1 Å². The van der Waals surface area contributed by atoms with Crippen LogP contribution in [-0.4, -0.2) is 27.7 Å². The molecule has 0 radical (unpaired) electrons. The fourth-order valence-corrected chi connectivity index (χ4v) is 3.48. The number of imidazole rings is 1. The molecule has 2 aromatic heterocycles. The molecule has 2 aromatic rings. The molecule has 1 aliphatic carbocycles. The summed E-state index contributed by atoms with van der Waals surface area (Å²) in [6.45, 7) is 4.07. The van der Waals surface area contributed by atoms with Gasteiger partial charge in [0.05, 0.1) is 30.6 Å². The second-order valence-corrected chi connectivity index (χ2v) is 6.41. The number of aromatic nitrogens is 3. The number of carbonyl (C=O) groups is 1. The molecular formula is C17H23N3O2. The fraction of sp³-hybridized carbons (Fsp3) is 0.588. The molecule has 0 saturated heterocycles. The van der Waals surface area contributed by atoms with Crippen molar-refractivity contribution in [3.8, 4) is 0 Å². The zero-order chi connectivity index (χ0) is 15.7. The van der Waals surface area contributed by atoms with Gasteiger partial charge in [0.2, 0.25) is 0 Å². The summed E-state index contributed by atoms with van der Waals surface area (Å²) in [5.41, 5.74) is 4.22. The van der Waals surface area contributed by atoms with Crippen molar-refractivity contribution in [2.24, 2.45) is 11.8 Å². The zero-order valence-corrected chi connectivity index (χ0v) is 13.5. The molecule has 1 aliphatic rings. The van der Waals surface area contributed by atoms with E-state index in [-0.39, 0.29) is 11.9 Å². The van der Waals surface area contributed by atoms with Crippen LogP contribution in [0.15, 0.2) is 12.3 Å². The average molecular weight is 301 g/mol. The minimum Gasteiger partial charge on any atom is -0.469 e. The van der Waals surface area contributed by atoms with Crippen LogP contribution in [0.2, 0.25) is 0 Å². The van der Waals surface area contributed by atoms with Crippen LogP contribution in [0.3, 0.4) is 0 Å². The number of aryl methyl sites for hydroxylation is 2. The number of methoxy groups -OCH3 is 1. The van der Waals surface area contributed by atoms with Crippen molar-refractivity contribution in [1.82, 2.24) is 14.6 Å². The highest BCUT2D eigenvalue weighted by Crippen LogP contribution is 2.31. The smallest absolute Gasteiger partial charge is 0.308 e. The molecule has 0 unspecified atom stereocenters. The summed E-state index contributed by atoms with van der Waals surface area (Å²) in [7, 11) is 1.48. The first-order valence-electron chi connectivity index (χ1n) is 7.97. The van der Waals surface area contributed by atoms with Crippen molar-refractivity contribution < 1.29 is 9.53 Å². The summed E-state index contributed by atoms with van der Waals surface area (Å²) < 4.78 is 6.74. The third-order valence-corrected chi connectivity index (χ3v) is 4.66. The molecule has 0 aromatic carbocycles. The van der Waals surface area contributed by atoms with E-state index in [1.165, 1.54) is 12.7 Å². The Hall–Kier alpha value is -1.91. The predicted octanol–water partition coefficient (Wildman–Crippen LogP) is 2.87. The zero-order valence-electron chi connectivity index (χ0n) is 13.5. The summed E-state index contributed by atoms with van der Waals surface area (Å²) >= 11 is 0. The van der Waals surface area contributed by atoms with Crippen LogP contribution in [-0.2, 0) is 16.0 Å². The SMILES string of the molecule is COC(=O)[C@H]1CC[C@H](Cc2cc(C)c3nc(C)cn3n2)CC1. The maximum absolute atomic E-state index is 11.6. The largest absolute Gasteiger partial charge is 0.469 e. The maximum Gasteiger partial charge on any atom is 0.308 e. The number of nitrogens with zero attached hydrogens (tertiary/aromatic N) is 3. The van der Waals surface area contributed by atoms with Gasteiger partial charge in [-0.1, -0.05) is 0 Å². The summed E-state index contributed by atoms with van der Waals surface area (Å²) in [6.07, 6.45) is 6.95. The summed E-state index contributed by atoms with van der Waals surface area (Å²) in [5.74, 6) is 0.646. The van der Waals surface area contributed by atoms with Gasteiger partial charge in [0.25, 0.3) is 0 Å². The van der Waals surface area contributed by atoms with Crippen LogP contribution in [0.4, 0.5) is 0 Å². The molecule has 5 nitrogen and oxygen atoms in total. The Labute approximate surface area is 130 Å². The average Bonchev–Trinajstić information content (AvgIpc) is 2.88. The maximum atomic E-state index is 11.6. The Morgan fingerprint density at radius 2 is 2.05 bits per heavy atom. The lowest BCUT2D eigenvalue weighted by atomic mass is 9.80. The van der Waals surface area contributed by atoms with Gasteiger partial charge in [0.15, 0.2) is 5.65 Å². The molecule has 3 rings (SSSR count). The van der Waals surface area contributed by atoms with E-state index in [0.717, 1.165) is 49.1 Å². The van der Waals surface area contributed by atoms with E-state index in [1.807, 2.05) is 17.6 Å². The third kappa shape index (κ3) is 2.98. The van der Waals surface area contributed by atoms with E-state index in [1.54, 1.807) is 0 Å². The van der Waals surface area contributed by atoms with Gasteiger partial charge in [-0.15, -0.1) is 0 Å². The Morgan fingerprint density at radius 3 is 2.73 bits per heavy atom. The highest BCUT2D eigenvalue weighted by molar-refractivity contribution is 5.72. The van der Waals surface area contributed by atoms with Gasteiger partial charge in [-0.25, -0.2) is 9.50 Å². The molecule has 0 spiro atoms. The number of ether oxygens (including phenoxy) is 1. The van der Waals surface area contributed by atoms with E-state index in [4.69, 9.17) is 4.74 Å². The molecule has 1 fully saturated rings. The van der Waals surface area contributed by atoms with Gasteiger partial charge in [-0.3, -0.25) is 4.79 Å². The molecule has 0 atom stereocenters. The number of esters is 1. The van der Waals surface area contributed by atoms with Gasteiger partial charge < -0.3 is 4.74 Å². The normalized spacial score (nSPS) is 22.0. The van der Waals surface area contributed by atoms with Crippen molar-refractivity contribution in [2.75, 3.05) is 7.11 Å². The van der Waals surface area contributed by atoms with E-state index >= 15 is 0 Å². The van der Waals surface area contributed by atoms with Crippen LogP contribution in [0, 0.1) is 25.7 Å². The number of fused-ring (bicyclic) bond motifs is 1. The van der Waals surface area contributed by atoms with Gasteiger partial charge in [0.1, 0.15) is 0 Å². The molecule has 0 bridgehead atoms.